The molecule has 0 aliphatic heterocycles. The maximum atomic E-state index is 10.5. The van der Waals surface area contributed by atoms with Crippen molar-refractivity contribution in [1.82, 2.24) is 0 Å². The topological polar surface area (TPSA) is 52.3 Å². The molecule has 0 spiro atoms. The average molecular weight is 188 g/mol. The Hall–Kier alpha value is 0.01000. The lowest BCUT2D eigenvalue weighted by Gasteiger charge is -2.03. The number of ether oxygens (including phenoxy) is 1. The molecule has 0 saturated heterocycles. The molecule has 5 heteroatoms. The largest absolute Gasteiger partial charge is 0.465 e. The van der Waals surface area contributed by atoms with Crippen LogP contribution >= 0.6 is 24.0 Å². The molecule has 0 aromatic heterocycles. The van der Waals surface area contributed by atoms with E-state index >= 15 is 0 Å². The molecule has 0 aromatic rings. The van der Waals surface area contributed by atoms with Crippen LogP contribution in [0.2, 0.25) is 0 Å². The quantitative estimate of drug-likeness (QED) is 0.519. The third-order valence-electron chi connectivity index (χ3n) is 0.749. The van der Waals surface area contributed by atoms with Crippen LogP contribution in [0.3, 0.4) is 0 Å². The highest BCUT2D eigenvalue weighted by Crippen LogP contribution is 1.95. The molecule has 0 bridgehead atoms. The number of carbonyl (C=O) groups excluding carboxylic acids is 1. The highest BCUT2D eigenvalue weighted by atomic mass is 35.5. The fourth-order valence-electron chi connectivity index (χ4n) is 0.329. The van der Waals surface area contributed by atoms with Crippen LogP contribution in [0.5, 0.6) is 0 Å². The van der Waals surface area contributed by atoms with E-state index < -0.39 is 11.3 Å². The first-order valence-corrected chi connectivity index (χ1v) is 3.16. The van der Waals surface area contributed by atoms with Crippen LogP contribution in [-0.4, -0.2) is 24.5 Å². The summed E-state index contributed by atoms with van der Waals surface area (Å²) in [7, 11) is 0. The van der Waals surface area contributed by atoms with Gasteiger partial charge < -0.3 is 10.5 Å². The van der Waals surface area contributed by atoms with Crippen LogP contribution in [0.1, 0.15) is 6.92 Å². The van der Waals surface area contributed by atoms with E-state index in [1.54, 1.807) is 6.92 Å². The van der Waals surface area contributed by atoms with E-state index in [0.717, 1.165) is 0 Å². The summed E-state index contributed by atoms with van der Waals surface area (Å²) in [6, 6.07) is 0. The summed E-state index contributed by atoms with van der Waals surface area (Å²) in [6.45, 7) is 2.19. The van der Waals surface area contributed by atoms with Crippen molar-refractivity contribution in [3.8, 4) is 0 Å². The second kappa shape index (κ2) is 7.12. The molecular formula is C5H11Cl2NO2. The van der Waals surface area contributed by atoms with E-state index in [-0.39, 0.29) is 19.0 Å². The van der Waals surface area contributed by atoms with Gasteiger partial charge in [-0.3, -0.25) is 4.79 Å². The second-order valence-electron chi connectivity index (χ2n) is 1.46. The van der Waals surface area contributed by atoms with Gasteiger partial charge in [-0.05, 0) is 6.92 Å². The summed E-state index contributed by atoms with van der Waals surface area (Å²) < 4.78 is 4.54. The van der Waals surface area contributed by atoms with Crippen molar-refractivity contribution >= 4 is 30.0 Å². The Balaban J connectivity index is 0. The van der Waals surface area contributed by atoms with Crippen LogP contribution in [0, 0.1) is 0 Å². The summed E-state index contributed by atoms with van der Waals surface area (Å²) in [5.74, 6) is -0.443. The maximum absolute atomic E-state index is 10.5. The Morgan fingerprint density at radius 1 is 1.80 bits per heavy atom. The van der Waals surface area contributed by atoms with Crippen molar-refractivity contribution in [3.63, 3.8) is 0 Å². The second-order valence-corrected chi connectivity index (χ2v) is 1.98. The first kappa shape index (κ1) is 12.7. The minimum atomic E-state index is -0.690. The van der Waals surface area contributed by atoms with Crippen molar-refractivity contribution in [2.24, 2.45) is 5.73 Å². The van der Waals surface area contributed by atoms with Gasteiger partial charge >= 0.3 is 5.97 Å². The third-order valence-corrected chi connectivity index (χ3v) is 1.11. The fraction of sp³-hybridized carbons (Fsp3) is 0.800. The zero-order valence-electron chi connectivity index (χ0n) is 5.67. The summed E-state index contributed by atoms with van der Waals surface area (Å²) in [5, 5.41) is -0.690. The van der Waals surface area contributed by atoms with Crippen molar-refractivity contribution in [2.45, 2.75) is 12.3 Å². The lowest BCUT2D eigenvalue weighted by atomic mass is 10.4. The van der Waals surface area contributed by atoms with E-state index in [0.29, 0.717) is 6.61 Å². The third kappa shape index (κ3) is 4.85. The molecule has 1 unspecified atom stereocenters. The number of rotatable bonds is 3. The standard InChI is InChI=1S/C5H10ClNO2.ClH/c1-2-9-5(8)4(6)3-7;/h4H,2-3,7H2,1H3;1H. The van der Waals surface area contributed by atoms with Crippen LogP contribution < -0.4 is 5.73 Å². The first-order chi connectivity index (χ1) is 4.22. The Morgan fingerprint density at radius 3 is 2.60 bits per heavy atom. The first-order valence-electron chi connectivity index (χ1n) is 2.73. The Labute approximate surface area is 71.3 Å². The Morgan fingerprint density at radius 2 is 2.30 bits per heavy atom. The molecule has 0 heterocycles. The van der Waals surface area contributed by atoms with Crippen molar-refractivity contribution in [1.29, 1.82) is 0 Å². The summed E-state index contributed by atoms with van der Waals surface area (Å²) >= 11 is 5.39. The number of hydrogen-bond acceptors (Lipinski definition) is 3. The summed E-state index contributed by atoms with van der Waals surface area (Å²) in [6.07, 6.45) is 0. The summed E-state index contributed by atoms with van der Waals surface area (Å²) in [5.41, 5.74) is 5.07. The van der Waals surface area contributed by atoms with Crippen molar-refractivity contribution in [2.75, 3.05) is 13.2 Å². The predicted octanol–water partition coefficient (Wildman–Crippen LogP) is 0.537. The van der Waals surface area contributed by atoms with Crippen LogP contribution in [-0.2, 0) is 9.53 Å². The van der Waals surface area contributed by atoms with Crippen molar-refractivity contribution in [3.05, 3.63) is 0 Å². The summed E-state index contributed by atoms with van der Waals surface area (Å²) in [4.78, 5) is 10.5. The highest BCUT2D eigenvalue weighted by Gasteiger charge is 2.12. The SMILES string of the molecule is CCOC(=O)C(Cl)CN.Cl. The number of hydrogen-bond donors (Lipinski definition) is 1. The zero-order chi connectivity index (χ0) is 7.28. The molecule has 0 radical (unpaired) electrons. The molecule has 0 aliphatic rings. The van der Waals surface area contributed by atoms with Gasteiger partial charge in [0.1, 0.15) is 5.38 Å². The molecule has 3 nitrogen and oxygen atoms in total. The van der Waals surface area contributed by atoms with Gasteiger partial charge in [0, 0.05) is 6.54 Å². The van der Waals surface area contributed by atoms with Crippen LogP contribution in [0.4, 0.5) is 0 Å². The molecule has 10 heavy (non-hydrogen) atoms. The van der Waals surface area contributed by atoms with Crippen LogP contribution in [0.15, 0.2) is 0 Å². The molecule has 0 saturated carbocycles. The monoisotopic (exact) mass is 187 g/mol. The maximum Gasteiger partial charge on any atom is 0.325 e. The molecule has 1 atom stereocenters. The van der Waals surface area contributed by atoms with Gasteiger partial charge in [0.15, 0.2) is 0 Å². The Bertz CT molecular complexity index is 99.6. The smallest absolute Gasteiger partial charge is 0.325 e. The van der Waals surface area contributed by atoms with E-state index in [1.165, 1.54) is 0 Å². The lowest BCUT2D eigenvalue weighted by molar-refractivity contribution is -0.142. The van der Waals surface area contributed by atoms with Gasteiger partial charge in [0.05, 0.1) is 6.61 Å². The molecule has 0 amide bonds. The molecule has 0 aliphatic carbocycles. The number of esters is 1. The molecule has 0 aromatic carbocycles. The van der Waals surface area contributed by atoms with E-state index in [9.17, 15) is 4.79 Å². The molecule has 0 rings (SSSR count). The van der Waals surface area contributed by atoms with Crippen molar-refractivity contribution < 1.29 is 9.53 Å². The number of alkyl halides is 1. The van der Waals surface area contributed by atoms with Gasteiger partial charge in [-0.25, -0.2) is 0 Å². The average Bonchev–Trinajstić information content (AvgIpc) is 1.87. The minimum absolute atomic E-state index is 0. The number of halogens is 2. The van der Waals surface area contributed by atoms with E-state index in [2.05, 4.69) is 4.74 Å². The normalized spacial score (nSPS) is 11.5. The molecular weight excluding hydrogens is 177 g/mol. The molecule has 62 valence electrons. The van der Waals surface area contributed by atoms with E-state index in [4.69, 9.17) is 17.3 Å². The highest BCUT2D eigenvalue weighted by molar-refractivity contribution is 6.30. The number of nitrogens with two attached hydrogens (primary N) is 1. The van der Waals surface area contributed by atoms with Gasteiger partial charge in [0.2, 0.25) is 0 Å². The lowest BCUT2D eigenvalue weighted by Crippen LogP contribution is -2.25. The van der Waals surface area contributed by atoms with E-state index in [1.807, 2.05) is 0 Å². The fourth-order valence-corrected chi connectivity index (χ4v) is 0.392. The van der Waals surface area contributed by atoms with Gasteiger partial charge in [-0.15, -0.1) is 24.0 Å². The number of carbonyl (C=O) groups is 1. The Kier molecular flexibility index (Phi) is 9.02. The van der Waals surface area contributed by atoms with Gasteiger partial charge in [0.25, 0.3) is 0 Å². The minimum Gasteiger partial charge on any atom is -0.465 e. The molecule has 2 N–H and O–H groups in total. The molecule has 0 fully saturated rings. The zero-order valence-corrected chi connectivity index (χ0v) is 7.24. The van der Waals surface area contributed by atoms with Gasteiger partial charge in [-0.2, -0.15) is 0 Å². The van der Waals surface area contributed by atoms with Gasteiger partial charge in [-0.1, -0.05) is 0 Å². The van der Waals surface area contributed by atoms with Crippen LogP contribution in [0.25, 0.3) is 0 Å². The predicted molar refractivity (Wildman–Crippen MR) is 42.6 cm³/mol.